The second kappa shape index (κ2) is 11.1. The summed E-state index contributed by atoms with van der Waals surface area (Å²) in [5.41, 5.74) is 10.5. The molecule has 7 aromatic rings. The zero-order valence-electron chi connectivity index (χ0n) is 23.9. The Morgan fingerprint density at radius 3 is 1.80 bits per heavy atom. The lowest BCUT2D eigenvalue weighted by molar-refractivity contribution is 1.25. The van der Waals surface area contributed by atoms with E-state index in [0.717, 1.165) is 28.3 Å². The number of allylic oxidation sites excluding steroid dienone is 2. The first kappa shape index (κ1) is 25.8. The van der Waals surface area contributed by atoms with Crippen molar-refractivity contribution in [3.63, 3.8) is 0 Å². The summed E-state index contributed by atoms with van der Waals surface area (Å²) in [7, 11) is 0. The van der Waals surface area contributed by atoms with Crippen molar-refractivity contribution in [3.8, 4) is 33.6 Å². The van der Waals surface area contributed by atoms with Crippen LogP contribution in [-0.4, -0.2) is 21.5 Å². The van der Waals surface area contributed by atoms with E-state index >= 15 is 0 Å². The van der Waals surface area contributed by atoms with Crippen LogP contribution in [0.4, 0.5) is 0 Å². The molecule has 4 nitrogen and oxygen atoms in total. The molecule has 0 aliphatic carbocycles. The van der Waals surface area contributed by atoms with E-state index in [9.17, 15) is 0 Å². The van der Waals surface area contributed by atoms with Crippen molar-refractivity contribution in [1.82, 2.24) is 15.0 Å². The average Bonchev–Trinajstić information content (AvgIpc) is 3.12. The van der Waals surface area contributed by atoms with Crippen molar-refractivity contribution >= 4 is 32.8 Å². The Kier molecular flexibility index (Phi) is 6.50. The highest BCUT2D eigenvalue weighted by Crippen LogP contribution is 2.44. The third kappa shape index (κ3) is 4.63. The molecule has 1 aliphatic rings. The standard InChI is InChI=1S/C40H27N4/c1-2-10-27(11-3-1)28-16-19-33-34(24-28)40(30-18-21-38(44-26-30)36-15-7-9-23-42-36)32-13-5-4-12-31(32)39(33)29-17-20-37(43-25-29)35-14-6-8-22-41-35/h1-24,26H,25H2/q-1. The normalized spacial score (nSPS) is 12.9. The van der Waals surface area contributed by atoms with Crippen molar-refractivity contribution < 1.29 is 0 Å². The van der Waals surface area contributed by atoms with Gasteiger partial charge in [0, 0.05) is 29.8 Å². The number of rotatable bonds is 5. The summed E-state index contributed by atoms with van der Waals surface area (Å²) < 4.78 is 0. The van der Waals surface area contributed by atoms with Crippen molar-refractivity contribution in [3.05, 3.63) is 169 Å². The Morgan fingerprint density at radius 2 is 1.11 bits per heavy atom. The minimum atomic E-state index is 0.585. The van der Waals surface area contributed by atoms with Crippen LogP contribution in [0.15, 0.2) is 152 Å². The van der Waals surface area contributed by atoms with Crippen LogP contribution in [-0.2, 0) is 0 Å². The Balaban J connectivity index is 1.37. The van der Waals surface area contributed by atoms with Gasteiger partial charge in [-0.15, -0.1) is 12.2 Å². The minimum absolute atomic E-state index is 0.585. The molecule has 0 spiro atoms. The molecule has 0 saturated heterocycles. The molecule has 4 heterocycles. The van der Waals surface area contributed by atoms with Crippen LogP contribution in [0.1, 0.15) is 11.3 Å². The van der Waals surface area contributed by atoms with E-state index in [-0.39, 0.29) is 0 Å². The van der Waals surface area contributed by atoms with Crippen LogP contribution in [0.25, 0.3) is 71.8 Å². The third-order valence-electron chi connectivity index (χ3n) is 8.22. The first-order valence-corrected chi connectivity index (χ1v) is 14.8. The summed E-state index contributed by atoms with van der Waals surface area (Å²) in [6, 6.07) is 42.2. The lowest BCUT2D eigenvalue weighted by Gasteiger charge is -2.31. The number of aromatic nitrogens is 3. The van der Waals surface area contributed by atoms with Crippen LogP contribution in [0.5, 0.6) is 0 Å². The molecule has 0 unspecified atom stereocenters. The largest absolute Gasteiger partial charge is 0.679 e. The highest BCUT2D eigenvalue weighted by atomic mass is 14.9. The van der Waals surface area contributed by atoms with Gasteiger partial charge in [0.1, 0.15) is 0 Å². The van der Waals surface area contributed by atoms with Gasteiger partial charge in [-0.2, -0.15) is 0 Å². The van der Waals surface area contributed by atoms with Crippen molar-refractivity contribution in [2.24, 2.45) is 0 Å². The molecular weight excluding hydrogens is 536 g/mol. The molecule has 0 radical (unpaired) electrons. The fraction of sp³-hybridized carbons (Fsp3) is 0.0250. The van der Waals surface area contributed by atoms with E-state index in [1.165, 1.54) is 49.4 Å². The summed E-state index contributed by atoms with van der Waals surface area (Å²) in [6.45, 7) is 0.585. The monoisotopic (exact) mass is 563 g/mol. The Labute approximate surface area is 256 Å². The molecule has 1 aliphatic heterocycles. The van der Waals surface area contributed by atoms with Crippen molar-refractivity contribution in [2.45, 2.75) is 0 Å². The van der Waals surface area contributed by atoms with Crippen molar-refractivity contribution in [2.75, 3.05) is 6.54 Å². The molecule has 0 bridgehead atoms. The van der Waals surface area contributed by atoms with Gasteiger partial charge in [-0.25, -0.2) is 0 Å². The SMILES string of the molecule is C1=C(c2ccccn2)[N-]CC(c2c3ccccc3c(-c3ccc(-c4ccccn4)nc3)c3cc(-c4ccccc4)ccc23)=C1. The smallest absolute Gasteiger partial charge is 0.0886 e. The van der Waals surface area contributed by atoms with Gasteiger partial charge in [-0.1, -0.05) is 103 Å². The van der Waals surface area contributed by atoms with E-state index in [1.54, 1.807) is 6.20 Å². The van der Waals surface area contributed by atoms with E-state index in [2.05, 4.69) is 107 Å². The first-order chi connectivity index (χ1) is 21.8. The molecule has 4 heteroatoms. The molecule has 0 fully saturated rings. The minimum Gasteiger partial charge on any atom is -0.679 e. The van der Waals surface area contributed by atoms with Crippen molar-refractivity contribution in [1.29, 1.82) is 0 Å². The number of nitrogens with zero attached hydrogens (tertiary/aromatic N) is 4. The second-order valence-corrected chi connectivity index (χ2v) is 10.8. The molecule has 0 N–H and O–H groups in total. The number of fused-ring (bicyclic) bond motifs is 2. The highest BCUT2D eigenvalue weighted by molar-refractivity contribution is 6.20. The molecule has 3 aromatic heterocycles. The Bertz CT molecular complexity index is 2190. The van der Waals surface area contributed by atoms with Gasteiger partial charge in [-0.3, -0.25) is 15.0 Å². The van der Waals surface area contributed by atoms with E-state index in [4.69, 9.17) is 10.3 Å². The maximum Gasteiger partial charge on any atom is 0.0886 e. The predicted octanol–water partition coefficient (Wildman–Crippen LogP) is 9.99. The van der Waals surface area contributed by atoms with E-state index < -0.39 is 0 Å². The van der Waals surface area contributed by atoms with Gasteiger partial charge in [0.15, 0.2) is 0 Å². The quantitative estimate of drug-likeness (QED) is 0.196. The van der Waals surface area contributed by atoms with Crippen LogP contribution >= 0.6 is 0 Å². The van der Waals surface area contributed by atoms with Crippen LogP contribution < -0.4 is 0 Å². The maximum atomic E-state index is 4.97. The highest BCUT2D eigenvalue weighted by Gasteiger charge is 2.18. The first-order valence-electron chi connectivity index (χ1n) is 14.8. The lowest BCUT2D eigenvalue weighted by atomic mass is 9.84. The van der Waals surface area contributed by atoms with Gasteiger partial charge in [0.2, 0.25) is 0 Å². The van der Waals surface area contributed by atoms with E-state index in [0.29, 0.717) is 6.54 Å². The van der Waals surface area contributed by atoms with Crippen LogP contribution in [0.2, 0.25) is 0 Å². The topological polar surface area (TPSA) is 52.8 Å². The zero-order chi connectivity index (χ0) is 29.3. The second-order valence-electron chi connectivity index (χ2n) is 10.8. The number of benzene rings is 4. The van der Waals surface area contributed by atoms with Crippen LogP contribution in [0.3, 0.4) is 0 Å². The summed E-state index contributed by atoms with van der Waals surface area (Å²) in [5.74, 6) is 0. The summed E-state index contributed by atoms with van der Waals surface area (Å²) in [4.78, 5) is 13.9. The molecule has 0 amide bonds. The van der Waals surface area contributed by atoms with Gasteiger partial charge in [0.25, 0.3) is 0 Å². The van der Waals surface area contributed by atoms with Gasteiger partial charge in [0.05, 0.1) is 11.4 Å². The number of hydrogen-bond acceptors (Lipinski definition) is 3. The third-order valence-corrected chi connectivity index (χ3v) is 8.22. The van der Waals surface area contributed by atoms with Gasteiger partial charge >= 0.3 is 0 Å². The molecule has 0 saturated carbocycles. The molecule has 0 atom stereocenters. The lowest BCUT2D eigenvalue weighted by Crippen LogP contribution is -2.01. The van der Waals surface area contributed by atoms with Gasteiger partial charge in [-0.05, 0) is 80.2 Å². The Morgan fingerprint density at radius 1 is 0.455 bits per heavy atom. The van der Waals surface area contributed by atoms with E-state index in [1.807, 2.05) is 48.8 Å². The average molecular weight is 564 g/mol. The number of hydrogen-bond donors (Lipinski definition) is 0. The Hall–Kier alpha value is -5.87. The zero-order valence-corrected chi connectivity index (χ0v) is 23.9. The summed E-state index contributed by atoms with van der Waals surface area (Å²) in [5, 5.41) is 9.74. The fourth-order valence-electron chi connectivity index (χ4n) is 6.15. The van der Waals surface area contributed by atoms with Gasteiger partial charge < -0.3 is 5.32 Å². The summed E-state index contributed by atoms with van der Waals surface area (Å²) >= 11 is 0. The fourth-order valence-corrected chi connectivity index (χ4v) is 6.15. The molecule has 8 rings (SSSR count). The predicted molar refractivity (Wildman–Crippen MR) is 182 cm³/mol. The number of pyridine rings is 3. The molecule has 4 aromatic carbocycles. The van der Waals surface area contributed by atoms with Crippen LogP contribution in [0, 0.1) is 0 Å². The molecular formula is C40H27N4-. The molecule has 208 valence electrons. The maximum absolute atomic E-state index is 4.97. The molecule has 44 heavy (non-hydrogen) atoms. The summed E-state index contributed by atoms with van der Waals surface area (Å²) in [6.07, 6.45) is 9.90.